The second-order valence-electron chi connectivity index (χ2n) is 7.97. The predicted octanol–water partition coefficient (Wildman–Crippen LogP) is 5.54. The molecule has 1 fully saturated rings. The van der Waals surface area contributed by atoms with Crippen LogP contribution in [0.2, 0.25) is 0 Å². The first-order valence-corrected chi connectivity index (χ1v) is 11.1. The van der Waals surface area contributed by atoms with E-state index >= 15 is 0 Å². The van der Waals surface area contributed by atoms with Crippen LogP contribution in [0.15, 0.2) is 93.3 Å². The first kappa shape index (κ1) is 18.3. The van der Waals surface area contributed by atoms with Gasteiger partial charge in [-0.1, -0.05) is 60.2 Å². The Bertz CT molecular complexity index is 1090. The number of fused-ring (bicyclic) bond motifs is 2. The Hall–Kier alpha value is -2.72. The summed E-state index contributed by atoms with van der Waals surface area (Å²) in [6, 6.07) is 19.5. The molecule has 0 unspecified atom stereocenters. The lowest BCUT2D eigenvalue weighted by atomic mass is 9.76. The highest BCUT2D eigenvalue weighted by Gasteiger charge is 2.49. The number of aryl methyl sites for hydroxylation is 1. The lowest BCUT2D eigenvalue weighted by Gasteiger charge is -2.27. The third kappa shape index (κ3) is 3.12. The highest BCUT2D eigenvalue weighted by molar-refractivity contribution is 7.85. The Kier molecular flexibility index (Phi) is 4.59. The van der Waals surface area contributed by atoms with E-state index in [1.54, 1.807) is 6.07 Å². The van der Waals surface area contributed by atoms with Crippen LogP contribution in [-0.4, -0.2) is 9.99 Å². The van der Waals surface area contributed by atoms with Crippen LogP contribution in [0, 0.1) is 24.7 Å². The Balaban J connectivity index is 1.50. The maximum atomic E-state index is 13.6. The number of benzene rings is 2. The second kappa shape index (κ2) is 7.27. The van der Waals surface area contributed by atoms with Crippen LogP contribution in [0.5, 0.6) is 0 Å². The van der Waals surface area contributed by atoms with Gasteiger partial charge in [0.25, 0.3) is 0 Å². The number of rotatable bonds is 5. The van der Waals surface area contributed by atoms with Gasteiger partial charge in [0.15, 0.2) is 5.76 Å². The van der Waals surface area contributed by atoms with E-state index in [0.29, 0.717) is 15.7 Å². The first-order valence-electron chi connectivity index (χ1n) is 9.97. The molecular formula is C25H22O3S. The molecule has 4 heteroatoms. The summed E-state index contributed by atoms with van der Waals surface area (Å²) in [6.45, 7) is 1.99. The van der Waals surface area contributed by atoms with E-state index in [-0.39, 0.29) is 29.3 Å². The van der Waals surface area contributed by atoms with Gasteiger partial charge in [0.2, 0.25) is 5.78 Å². The zero-order valence-corrected chi connectivity index (χ0v) is 17.0. The van der Waals surface area contributed by atoms with Gasteiger partial charge in [-0.05, 0) is 48.9 Å². The summed E-state index contributed by atoms with van der Waals surface area (Å²) in [4.78, 5) is 14.8. The molecule has 2 aromatic carbocycles. The van der Waals surface area contributed by atoms with Crippen molar-refractivity contribution in [3.8, 4) is 0 Å². The van der Waals surface area contributed by atoms with E-state index in [1.165, 1.54) is 11.8 Å². The number of carbonyl (C=O) groups is 1. The molecule has 0 N–H and O–H groups in total. The van der Waals surface area contributed by atoms with Crippen molar-refractivity contribution in [2.45, 2.75) is 29.1 Å². The largest absolute Gasteiger partial charge is 0.460 e. The van der Waals surface area contributed by atoms with E-state index in [9.17, 15) is 9.00 Å². The van der Waals surface area contributed by atoms with Crippen molar-refractivity contribution >= 4 is 16.6 Å². The van der Waals surface area contributed by atoms with Gasteiger partial charge in [0.05, 0.1) is 22.0 Å². The lowest BCUT2D eigenvalue weighted by Crippen LogP contribution is -2.26. The van der Waals surface area contributed by atoms with Gasteiger partial charge < -0.3 is 4.42 Å². The van der Waals surface area contributed by atoms with E-state index in [1.807, 2.05) is 49.4 Å². The minimum absolute atomic E-state index is 0.0313. The third-order valence-electron chi connectivity index (χ3n) is 6.23. The van der Waals surface area contributed by atoms with E-state index < -0.39 is 10.8 Å². The van der Waals surface area contributed by atoms with Crippen LogP contribution < -0.4 is 0 Å². The molecule has 29 heavy (non-hydrogen) atoms. The summed E-state index contributed by atoms with van der Waals surface area (Å²) in [5, 5.41) is 0. The zero-order valence-electron chi connectivity index (χ0n) is 16.2. The normalized spacial score (nSPS) is 26.0. The molecule has 3 aromatic rings. The van der Waals surface area contributed by atoms with Crippen LogP contribution in [0.1, 0.15) is 34.0 Å². The Labute approximate surface area is 172 Å². The standard InChI is InChI=1S/C25H22O3S/c1-16-7-11-20(12-8-16)29(27)21-13-14-28-25(21)24(26)23-19-10-9-18(15-19)22(23)17-5-3-2-4-6-17/h2-14,18-19,22-23H,15H2,1H3/t18-,19+,22+,23+,29-/m0/s1. The SMILES string of the molecule is Cc1ccc([S@](=O)c2ccoc2C(=O)[C@H]2[C@H](c3ccccc3)[C@H]3C=C[C@@H]2C3)cc1. The molecule has 0 aliphatic heterocycles. The summed E-state index contributed by atoms with van der Waals surface area (Å²) in [5.74, 6) is 0.768. The highest BCUT2D eigenvalue weighted by atomic mass is 32.2. The van der Waals surface area contributed by atoms with Gasteiger partial charge in [-0.2, -0.15) is 0 Å². The summed E-state index contributed by atoms with van der Waals surface area (Å²) in [5.41, 5.74) is 2.30. The maximum absolute atomic E-state index is 13.6. The number of Topliss-reactive ketones (excluding diaryl/α,β-unsaturated/α-hetero) is 1. The molecule has 0 spiro atoms. The fourth-order valence-corrected chi connectivity index (χ4v) is 6.01. The van der Waals surface area contributed by atoms with Crippen LogP contribution in [0.25, 0.3) is 0 Å². The molecule has 5 atom stereocenters. The minimum Gasteiger partial charge on any atom is -0.460 e. The average molecular weight is 403 g/mol. The first-order chi connectivity index (χ1) is 14.1. The fourth-order valence-electron chi connectivity index (χ4n) is 4.87. The fraction of sp³-hybridized carbons (Fsp3) is 0.240. The summed E-state index contributed by atoms with van der Waals surface area (Å²) in [6.07, 6.45) is 6.90. The number of furan rings is 1. The van der Waals surface area contributed by atoms with Gasteiger partial charge in [-0.3, -0.25) is 4.79 Å². The number of hydrogen-bond donors (Lipinski definition) is 0. The molecule has 0 saturated heterocycles. The van der Waals surface area contributed by atoms with Gasteiger partial charge in [-0.15, -0.1) is 0 Å². The van der Waals surface area contributed by atoms with Gasteiger partial charge >= 0.3 is 0 Å². The van der Waals surface area contributed by atoms with E-state index in [4.69, 9.17) is 4.42 Å². The number of hydrogen-bond acceptors (Lipinski definition) is 3. The topological polar surface area (TPSA) is 47.3 Å². The average Bonchev–Trinajstić information content (AvgIpc) is 3.49. The van der Waals surface area contributed by atoms with Gasteiger partial charge in [0.1, 0.15) is 0 Å². The summed E-state index contributed by atoms with van der Waals surface area (Å²) < 4.78 is 18.8. The quantitative estimate of drug-likeness (QED) is 0.416. The Morgan fingerprint density at radius 1 is 0.966 bits per heavy atom. The van der Waals surface area contributed by atoms with Gasteiger partial charge in [-0.25, -0.2) is 4.21 Å². The Morgan fingerprint density at radius 2 is 1.69 bits per heavy atom. The van der Waals surface area contributed by atoms with Crippen molar-refractivity contribution in [3.05, 3.63) is 96.0 Å². The molecule has 5 rings (SSSR count). The number of carbonyl (C=O) groups excluding carboxylic acids is 1. The third-order valence-corrected chi connectivity index (χ3v) is 7.66. The van der Waals surface area contributed by atoms with E-state index in [2.05, 4.69) is 24.3 Å². The molecule has 1 aromatic heterocycles. The zero-order chi connectivity index (χ0) is 20.0. The monoisotopic (exact) mass is 402 g/mol. The molecule has 3 nitrogen and oxygen atoms in total. The molecular weight excluding hydrogens is 380 g/mol. The number of ketones is 1. The molecule has 0 radical (unpaired) electrons. The van der Waals surface area contributed by atoms with Crippen molar-refractivity contribution in [1.82, 2.24) is 0 Å². The molecule has 1 saturated carbocycles. The van der Waals surface area contributed by atoms with Gasteiger partial charge in [0, 0.05) is 16.7 Å². The molecule has 146 valence electrons. The predicted molar refractivity (Wildman–Crippen MR) is 112 cm³/mol. The lowest BCUT2D eigenvalue weighted by molar-refractivity contribution is 0.0853. The molecule has 2 aliphatic carbocycles. The van der Waals surface area contributed by atoms with Crippen molar-refractivity contribution in [2.75, 3.05) is 0 Å². The highest BCUT2D eigenvalue weighted by Crippen LogP contribution is 2.54. The van der Waals surface area contributed by atoms with Crippen molar-refractivity contribution in [2.24, 2.45) is 17.8 Å². The van der Waals surface area contributed by atoms with Crippen LogP contribution in [0.4, 0.5) is 0 Å². The molecule has 1 heterocycles. The molecule has 0 amide bonds. The molecule has 2 bridgehead atoms. The van der Waals surface area contributed by atoms with Crippen molar-refractivity contribution < 1.29 is 13.4 Å². The van der Waals surface area contributed by atoms with Crippen LogP contribution >= 0.6 is 0 Å². The summed E-state index contributed by atoms with van der Waals surface area (Å²) >= 11 is 0. The smallest absolute Gasteiger partial charge is 0.203 e. The number of allylic oxidation sites excluding steroid dienone is 2. The minimum atomic E-state index is -1.45. The van der Waals surface area contributed by atoms with Crippen LogP contribution in [-0.2, 0) is 10.8 Å². The summed E-state index contributed by atoms with van der Waals surface area (Å²) in [7, 11) is -1.45. The maximum Gasteiger partial charge on any atom is 0.203 e. The Morgan fingerprint density at radius 3 is 2.45 bits per heavy atom. The molecule has 2 aliphatic rings. The van der Waals surface area contributed by atoms with E-state index in [0.717, 1.165) is 12.0 Å². The van der Waals surface area contributed by atoms with Crippen molar-refractivity contribution in [3.63, 3.8) is 0 Å². The van der Waals surface area contributed by atoms with Crippen LogP contribution in [0.3, 0.4) is 0 Å². The van der Waals surface area contributed by atoms with Crippen molar-refractivity contribution in [1.29, 1.82) is 0 Å². The second-order valence-corrected chi connectivity index (χ2v) is 9.42.